The number of amides is 2. The Kier molecular flexibility index (Phi) is 6.62. The molecule has 2 N–H and O–H groups in total. The van der Waals surface area contributed by atoms with E-state index in [4.69, 9.17) is 11.6 Å². The summed E-state index contributed by atoms with van der Waals surface area (Å²) < 4.78 is 0. The minimum atomic E-state index is -0.142. The molecule has 23 heavy (non-hydrogen) atoms. The number of carbonyl (C=O) groups is 2. The molecule has 0 aliphatic carbocycles. The van der Waals surface area contributed by atoms with E-state index >= 15 is 0 Å². The molecular weight excluding hydrogens is 332 g/mol. The highest BCUT2D eigenvalue weighted by Gasteiger charge is 2.12. The van der Waals surface area contributed by atoms with Gasteiger partial charge in [-0.1, -0.05) is 35.9 Å². The summed E-state index contributed by atoms with van der Waals surface area (Å²) in [5.41, 5.74) is 0.897. The Labute approximate surface area is 144 Å². The van der Waals surface area contributed by atoms with E-state index < -0.39 is 0 Å². The maximum Gasteiger partial charge on any atom is 0.261 e. The Morgan fingerprint density at radius 2 is 2.00 bits per heavy atom. The Morgan fingerprint density at radius 3 is 2.70 bits per heavy atom. The van der Waals surface area contributed by atoms with Gasteiger partial charge in [-0.05, 0) is 36.4 Å². The van der Waals surface area contributed by atoms with Gasteiger partial charge in [0.25, 0.3) is 5.91 Å². The molecule has 0 saturated heterocycles. The average molecular weight is 351 g/mol. The minimum absolute atomic E-state index is 0.0530. The highest BCUT2D eigenvalue weighted by Crippen LogP contribution is 2.22. The van der Waals surface area contributed by atoms with Gasteiger partial charge < -0.3 is 10.6 Å². The summed E-state index contributed by atoms with van der Waals surface area (Å²) in [4.78, 5) is 24.4. The highest BCUT2D eigenvalue weighted by atomic mass is 35.5. The van der Waals surface area contributed by atoms with Crippen molar-refractivity contribution >= 4 is 34.8 Å². The maximum atomic E-state index is 11.9. The first kappa shape index (κ1) is 17.5. The lowest BCUT2D eigenvalue weighted by atomic mass is 10.1. The molecule has 0 bridgehead atoms. The normalized spacial score (nSPS) is 11.7. The lowest BCUT2D eigenvalue weighted by Gasteiger charge is -2.15. The molecule has 0 spiro atoms. The third-order valence-corrected chi connectivity index (χ3v) is 4.57. The van der Waals surface area contributed by atoms with Crippen molar-refractivity contribution in [2.75, 3.05) is 6.54 Å². The van der Waals surface area contributed by atoms with E-state index in [0.29, 0.717) is 29.3 Å². The third-order valence-electron chi connectivity index (χ3n) is 3.36. The zero-order chi connectivity index (χ0) is 16.7. The number of nitrogens with one attached hydrogen (secondary N) is 2. The van der Waals surface area contributed by atoms with Gasteiger partial charge in [0.15, 0.2) is 0 Å². The fraction of sp³-hybridized carbons (Fsp3) is 0.294. The summed E-state index contributed by atoms with van der Waals surface area (Å²) in [5.74, 6) is -0.146. The Morgan fingerprint density at radius 1 is 1.22 bits per heavy atom. The van der Waals surface area contributed by atoms with Crippen molar-refractivity contribution in [1.29, 1.82) is 0 Å². The molecule has 2 rings (SSSR count). The van der Waals surface area contributed by atoms with Crippen LogP contribution in [0.2, 0.25) is 5.02 Å². The van der Waals surface area contributed by atoms with Crippen LogP contribution in [0.1, 0.15) is 41.0 Å². The topological polar surface area (TPSA) is 58.2 Å². The lowest BCUT2D eigenvalue weighted by Crippen LogP contribution is -2.28. The Bertz CT molecular complexity index is 658. The molecule has 0 aliphatic heterocycles. The van der Waals surface area contributed by atoms with Crippen molar-refractivity contribution in [2.45, 2.75) is 25.8 Å². The lowest BCUT2D eigenvalue weighted by molar-refractivity contribution is -0.121. The van der Waals surface area contributed by atoms with E-state index in [0.717, 1.165) is 5.56 Å². The maximum absolute atomic E-state index is 11.9. The fourth-order valence-corrected chi connectivity index (χ4v) is 3.10. The van der Waals surface area contributed by atoms with Crippen LogP contribution in [0.3, 0.4) is 0 Å². The van der Waals surface area contributed by atoms with Gasteiger partial charge in [-0.2, -0.15) is 0 Å². The van der Waals surface area contributed by atoms with E-state index in [1.807, 2.05) is 36.6 Å². The van der Waals surface area contributed by atoms with Crippen molar-refractivity contribution in [3.8, 4) is 0 Å². The summed E-state index contributed by atoms with van der Waals surface area (Å²) in [7, 11) is 0. The monoisotopic (exact) mass is 350 g/mol. The van der Waals surface area contributed by atoms with Crippen LogP contribution in [-0.2, 0) is 4.79 Å². The van der Waals surface area contributed by atoms with Gasteiger partial charge in [0, 0.05) is 18.0 Å². The van der Waals surface area contributed by atoms with Crippen molar-refractivity contribution in [1.82, 2.24) is 10.6 Å². The molecule has 122 valence electrons. The van der Waals surface area contributed by atoms with Crippen LogP contribution in [0, 0.1) is 0 Å². The fourth-order valence-electron chi connectivity index (χ4n) is 2.16. The molecule has 4 nitrogen and oxygen atoms in total. The SMILES string of the molecule is CC(NC(=O)CCCNC(=O)c1cccs1)c1ccccc1Cl. The minimum Gasteiger partial charge on any atom is -0.351 e. The van der Waals surface area contributed by atoms with Gasteiger partial charge in [0.1, 0.15) is 0 Å². The molecule has 0 radical (unpaired) electrons. The zero-order valence-corrected chi connectivity index (χ0v) is 14.4. The third kappa shape index (κ3) is 5.37. The first-order valence-corrected chi connectivity index (χ1v) is 8.69. The number of carbonyl (C=O) groups excluding carboxylic acids is 2. The molecule has 2 aromatic rings. The summed E-state index contributed by atoms with van der Waals surface area (Å²) in [5, 5.41) is 8.23. The first-order valence-electron chi connectivity index (χ1n) is 7.43. The second-order valence-corrected chi connectivity index (χ2v) is 6.50. The van der Waals surface area contributed by atoms with Crippen molar-refractivity contribution in [3.63, 3.8) is 0 Å². The predicted molar refractivity (Wildman–Crippen MR) is 93.9 cm³/mol. The summed E-state index contributed by atoms with van der Waals surface area (Å²) in [6, 6.07) is 10.9. The number of benzene rings is 1. The number of hydrogen-bond donors (Lipinski definition) is 2. The molecule has 1 aromatic carbocycles. The summed E-state index contributed by atoms with van der Waals surface area (Å²) in [6.07, 6.45) is 0.956. The molecule has 1 unspecified atom stereocenters. The van der Waals surface area contributed by atoms with Crippen LogP contribution in [-0.4, -0.2) is 18.4 Å². The molecule has 1 heterocycles. The van der Waals surface area contributed by atoms with E-state index in [9.17, 15) is 9.59 Å². The smallest absolute Gasteiger partial charge is 0.261 e. The molecule has 1 aromatic heterocycles. The molecule has 0 aliphatic rings. The van der Waals surface area contributed by atoms with Crippen LogP contribution in [0.5, 0.6) is 0 Å². The van der Waals surface area contributed by atoms with Crippen molar-refractivity contribution < 1.29 is 9.59 Å². The van der Waals surface area contributed by atoms with E-state index in [2.05, 4.69) is 10.6 Å². The zero-order valence-electron chi connectivity index (χ0n) is 12.8. The number of hydrogen-bond acceptors (Lipinski definition) is 3. The van der Waals surface area contributed by atoms with Gasteiger partial charge in [-0.15, -0.1) is 11.3 Å². The van der Waals surface area contributed by atoms with Crippen molar-refractivity contribution in [2.24, 2.45) is 0 Å². The second-order valence-electron chi connectivity index (χ2n) is 5.15. The van der Waals surface area contributed by atoms with Gasteiger partial charge in [0.05, 0.1) is 10.9 Å². The van der Waals surface area contributed by atoms with Crippen LogP contribution in [0.25, 0.3) is 0 Å². The van der Waals surface area contributed by atoms with Crippen molar-refractivity contribution in [3.05, 3.63) is 57.2 Å². The molecule has 0 saturated carbocycles. The van der Waals surface area contributed by atoms with Crippen LogP contribution in [0.15, 0.2) is 41.8 Å². The second kappa shape index (κ2) is 8.70. The van der Waals surface area contributed by atoms with Gasteiger partial charge in [-0.25, -0.2) is 0 Å². The molecule has 0 fully saturated rings. The number of halogens is 1. The molecule has 6 heteroatoms. The van der Waals surface area contributed by atoms with Gasteiger partial charge >= 0.3 is 0 Å². The number of rotatable bonds is 7. The van der Waals surface area contributed by atoms with E-state index in [-0.39, 0.29) is 17.9 Å². The Hall–Kier alpha value is -1.85. The van der Waals surface area contributed by atoms with Gasteiger partial charge in [-0.3, -0.25) is 9.59 Å². The van der Waals surface area contributed by atoms with E-state index in [1.54, 1.807) is 12.1 Å². The highest BCUT2D eigenvalue weighted by molar-refractivity contribution is 7.12. The molecule has 2 amide bonds. The summed E-state index contributed by atoms with van der Waals surface area (Å²) in [6.45, 7) is 2.38. The standard InChI is InChI=1S/C17H19ClN2O2S/c1-12(13-6-2-3-7-14(13)18)20-16(21)9-4-10-19-17(22)15-8-5-11-23-15/h2-3,5-8,11-12H,4,9-10H2,1H3,(H,19,22)(H,20,21). The van der Waals surface area contributed by atoms with Crippen LogP contribution < -0.4 is 10.6 Å². The van der Waals surface area contributed by atoms with Gasteiger partial charge in [0.2, 0.25) is 5.91 Å². The molecule has 1 atom stereocenters. The summed E-state index contributed by atoms with van der Waals surface area (Å²) >= 11 is 7.51. The van der Waals surface area contributed by atoms with Crippen LogP contribution in [0.4, 0.5) is 0 Å². The average Bonchev–Trinajstić information content (AvgIpc) is 3.06. The largest absolute Gasteiger partial charge is 0.351 e. The Balaban J connectivity index is 1.69. The molecular formula is C17H19ClN2O2S. The quantitative estimate of drug-likeness (QED) is 0.746. The van der Waals surface area contributed by atoms with Crippen LogP contribution >= 0.6 is 22.9 Å². The number of thiophene rings is 1. The predicted octanol–water partition coefficient (Wildman–Crippen LogP) is 3.79. The first-order chi connectivity index (χ1) is 11.1. The van der Waals surface area contributed by atoms with E-state index in [1.165, 1.54) is 11.3 Å².